The second kappa shape index (κ2) is 5.82. The van der Waals surface area contributed by atoms with Gasteiger partial charge in [-0.1, -0.05) is 0 Å². The number of methoxy groups -OCH3 is 1. The molecule has 7 nitrogen and oxygen atoms in total. The fraction of sp³-hybridized carbons (Fsp3) is 0.385. The van der Waals surface area contributed by atoms with Crippen LogP contribution < -0.4 is 5.73 Å². The number of primary amides is 1. The van der Waals surface area contributed by atoms with Gasteiger partial charge < -0.3 is 10.5 Å². The molecule has 21 heavy (non-hydrogen) atoms. The van der Waals surface area contributed by atoms with Crippen molar-refractivity contribution in [2.75, 3.05) is 13.7 Å². The summed E-state index contributed by atoms with van der Waals surface area (Å²) in [5.41, 5.74) is 5.34. The number of hydrogen-bond acceptors (Lipinski definition) is 5. The zero-order chi connectivity index (χ0) is 15.6. The molecule has 1 heterocycles. The summed E-state index contributed by atoms with van der Waals surface area (Å²) in [7, 11) is -2.58. The molecule has 0 saturated carbocycles. The van der Waals surface area contributed by atoms with Crippen LogP contribution in [-0.4, -0.2) is 44.3 Å². The normalized spacial score (nSPS) is 19.4. The largest absolute Gasteiger partial charge is 0.468 e. The molecule has 1 atom stereocenters. The molecule has 1 unspecified atom stereocenters. The number of sulfonamides is 1. The van der Waals surface area contributed by atoms with Gasteiger partial charge in [-0.25, -0.2) is 8.42 Å². The van der Waals surface area contributed by atoms with E-state index in [1.54, 1.807) is 0 Å². The van der Waals surface area contributed by atoms with Crippen LogP contribution in [0.15, 0.2) is 29.2 Å². The summed E-state index contributed by atoms with van der Waals surface area (Å²) < 4.78 is 30.9. The van der Waals surface area contributed by atoms with Gasteiger partial charge in [0.25, 0.3) is 0 Å². The summed E-state index contributed by atoms with van der Waals surface area (Å²) in [6.45, 7) is 0.264. The van der Waals surface area contributed by atoms with Crippen molar-refractivity contribution >= 4 is 21.9 Å². The first kappa shape index (κ1) is 15.5. The molecular weight excluding hydrogens is 296 g/mol. The highest BCUT2D eigenvalue weighted by molar-refractivity contribution is 7.89. The quantitative estimate of drug-likeness (QED) is 0.794. The van der Waals surface area contributed by atoms with Crippen LogP contribution in [0.1, 0.15) is 23.2 Å². The van der Waals surface area contributed by atoms with Crippen molar-refractivity contribution in [2.24, 2.45) is 5.73 Å². The third-order valence-corrected chi connectivity index (χ3v) is 5.34. The average molecular weight is 312 g/mol. The number of nitrogens with two attached hydrogens (primary N) is 1. The van der Waals surface area contributed by atoms with Crippen LogP contribution in [0.5, 0.6) is 0 Å². The van der Waals surface area contributed by atoms with E-state index in [0.29, 0.717) is 12.8 Å². The molecule has 0 bridgehead atoms. The SMILES string of the molecule is COC(=O)C1CCCN1S(=O)(=O)c1ccc(C(N)=O)cc1. The molecule has 0 spiro atoms. The van der Waals surface area contributed by atoms with Gasteiger partial charge >= 0.3 is 5.97 Å². The second-order valence-corrected chi connectivity index (χ2v) is 6.58. The van der Waals surface area contributed by atoms with E-state index in [9.17, 15) is 18.0 Å². The van der Waals surface area contributed by atoms with Crippen molar-refractivity contribution in [3.8, 4) is 0 Å². The van der Waals surface area contributed by atoms with E-state index < -0.39 is 27.9 Å². The molecule has 0 aromatic heterocycles. The highest BCUT2D eigenvalue weighted by Gasteiger charge is 2.40. The molecule has 2 rings (SSSR count). The number of benzene rings is 1. The van der Waals surface area contributed by atoms with E-state index >= 15 is 0 Å². The Morgan fingerprint density at radius 3 is 2.43 bits per heavy atom. The van der Waals surface area contributed by atoms with Gasteiger partial charge in [0, 0.05) is 12.1 Å². The number of esters is 1. The molecule has 8 heteroatoms. The van der Waals surface area contributed by atoms with Gasteiger partial charge in [-0.3, -0.25) is 9.59 Å². The summed E-state index contributed by atoms with van der Waals surface area (Å²) in [4.78, 5) is 22.7. The van der Waals surface area contributed by atoms with E-state index in [-0.39, 0.29) is 17.0 Å². The van der Waals surface area contributed by atoms with E-state index in [1.807, 2.05) is 0 Å². The molecule has 1 fully saturated rings. The van der Waals surface area contributed by atoms with Gasteiger partial charge in [-0.05, 0) is 37.1 Å². The lowest BCUT2D eigenvalue weighted by Gasteiger charge is -2.22. The van der Waals surface area contributed by atoms with Crippen LogP contribution in [-0.2, 0) is 19.6 Å². The maximum absolute atomic E-state index is 12.5. The van der Waals surface area contributed by atoms with Gasteiger partial charge in [0.05, 0.1) is 12.0 Å². The number of rotatable bonds is 4. The number of hydrogen-bond donors (Lipinski definition) is 1. The molecule has 114 valence electrons. The Balaban J connectivity index is 2.32. The molecule has 1 aromatic carbocycles. The van der Waals surface area contributed by atoms with Crippen molar-refractivity contribution in [3.05, 3.63) is 29.8 Å². The van der Waals surface area contributed by atoms with Gasteiger partial charge in [-0.15, -0.1) is 0 Å². The topological polar surface area (TPSA) is 107 Å². The van der Waals surface area contributed by atoms with E-state index in [1.165, 1.54) is 31.4 Å². The van der Waals surface area contributed by atoms with Crippen LogP contribution in [0.3, 0.4) is 0 Å². The number of ether oxygens (including phenoxy) is 1. The number of amides is 1. The van der Waals surface area contributed by atoms with Crippen LogP contribution in [0.25, 0.3) is 0 Å². The zero-order valence-corrected chi connectivity index (χ0v) is 12.3. The third kappa shape index (κ3) is 2.91. The van der Waals surface area contributed by atoms with Crippen molar-refractivity contribution in [2.45, 2.75) is 23.8 Å². The monoisotopic (exact) mass is 312 g/mol. The Morgan fingerprint density at radius 1 is 1.29 bits per heavy atom. The van der Waals surface area contributed by atoms with E-state index in [0.717, 1.165) is 4.31 Å². The standard InChI is InChI=1S/C13H16N2O5S/c1-20-13(17)11-3-2-8-15(11)21(18,19)10-6-4-9(5-7-10)12(14)16/h4-7,11H,2-3,8H2,1H3,(H2,14,16). The smallest absolute Gasteiger partial charge is 0.324 e. The predicted molar refractivity (Wildman–Crippen MR) is 73.9 cm³/mol. The Bertz CT molecular complexity index is 654. The first-order valence-electron chi connectivity index (χ1n) is 6.37. The fourth-order valence-corrected chi connectivity index (χ4v) is 3.97. The minimum absolute atomic E-state index is 0.0169. The lowest BCUT2D eigenvalue weighted by Crippen LogP contribution is -2.41. The minimum atomic E-state index is -3.81. The Labute approximate surface area is 122 Å². The molecule has 0 aliphatic carbocycles. The maximum atomic E-state index is 12.5. The van der Waals surface area contributed by atoms with Crippen LogP contribution in [0, 0.1) is 0 Å². The third-order valence-electron chi connectivity index (χ3n) is 3.42. The van der Waals surface area contributed by atoms with Gasteiger partial charge in [-0.2, -0.15) is 4.31 Å². The van der Waals surface area contributed by atoms with Gasteiger partial charge in [0.1, 0.15) is 6.04 Å². The van der Waals surface area contributed by atoms with E-state index in [4.69, 9.17) is 5.73 Å². The van der Waals surface area contributed by atoms with Gasteiger partial charge in [0.2, 0.25) is 15.9 Å². The highest BCUT2D eigenvalue weighted by Crippen LogP contribution is 2.26. The van der Waals surface area contributed by atoms with E-state index in [2.05, 4.69) is 4.74 Å². The number of carbonyl (C=O) groups is 2. The average Bonchev–Trinajstić information content (AvgIpc) is 2.96. The number of nitrogens with zero attached hydrogens (tertiary/aromatic N) is 1. The van der Waals surface area contributed by atoms with Crippen molar-refractivity contribution in [3.63, 3.8) is 0 Å². The summed E-state index contributed by atoms with van der Waals surface area (Å²) in [6.07, 6.45) is 1.03. The fourth-order valence-electron chi connectivity index (χ4n) is 2.33. The molecule has 1 aliphatic rings. The molecular formula is C13H16N2O5S. The van der Waals surface area contributed by atoms with Crippen molar-refractivity contribution in [1.82, 2.24) is 4.31 Å². The molecule has 1 aliphatic heterocycles. The molecule has 1 aromatic rings. The molecule has 2 N–H and O–H groups in total. The molecule has 0 radical (unpaired) electrons. The van der Waals surface area contributed by atoms with Crippen LogP contribution >= 0.6 is 0 Å². The Kier molecular flexibility index (Phi) is 4.29. The van der Waals surface area contributed by atoms with Crippen molar-refractivity contribution in [1.29, 1.82) is 0 Å². The summed E-state index contributed by atoms with van der Waals surface area (Å²) in [6, 6.07) is 4.51. The van der Waals surface area contributed by atoms with Gasteiger partial charge in [0.15, 0.2) is 0 Å². The predicted octanol–water partition coefficient (Wildman–Crippen LogP) is 0.112. The molecule has 1 saturated heterocycles. The van der Waals surface area contributed by atoms with Crippen molar-refractivity contribution < 1.29 is 22.7 Å². The summed E-state index contributed by atoms with van der Waals surface area (Å²) >= 11 is 0. The highest BCUT2D eigenvalue weighted by atomic mass is 32.2. The Hall–Kier alpha value is -1.93. The first-order chi connectivity index (χ1) is 9.87. The summed E-state index contributed by atoms with van der Waals surface area (Å²) in [5, 5.41) is 0. The van der Waals surface area contributed by atoms with Crippen LogP contribution in [0.4, 0.5) is 0 Å². The maximum Gasteiger partial charge on any atom is 0.324 e. The zero-order valence-electron chi connectivity index (χ0n) is 11.5. The second-order valence-electron chi connectivity index (χ2n) is 4.69. The van der Waals surface area contributed by atoms with Crippen LogP contribution in [0.2, 0.25) is 0 Å². The Morgan fingerprint density at radius 2 is 1.90 bits per heavy atom. The summed E-state index contributed by atoms with van der Waals surface area (Å²) in [5.74, 6) is -1.20. The number of carbonyl (C=O) groups excluding carboxylic acids is 2. The lowest BCUT2D eigenvalue weighted by molar-refractivity contribution is -0.144. The lowest BCUT2D eigenvalue weighted by atomic mass is 10.2. The molecule has 1 amide bonds. The minimum Gasteiger partial charge on any atom is -0.468 e. The first-order valence-corrected chi connectivity index (χ1v) is 7.81.